The van der Waals surface area contributed by atoms with Gasteiger partial charge in [-0.3, -0.25) is 0 Å². The van der Waals surface area contributed by atoms with Crippen LogP contribution in [0, 0.1) is 5.92 Å². The van der Waals surface area contributed by atoms with Crippen molar-refractivity contribution in [3.63, 3.8) is 0 Å². The lowest BCUT2D eigenvalue weighted by Crippen LogP contribution is -2.29. The summed E-state index contributed by atoms with van der Waals surface area (Å²) in [7, 11) is 0. The standard InChI is InChI=1S/C26H26N6O2/c27-21-10-9-15-7-5-14(11-18(15)31-21)6-8-16-12-20(24(34)23(16)33)32-19-4-2-1-3-17(19)22-25(28)29-13-30-26(22)32/h1-5,7,9-11,13,16,20,23-24,33-34H,6,8,12H2,(H2,27,31)(H2,28,29,30). The van der Waals surface area contributed by atoms with E-state index in [1.54, 1.807) is 6.07 Å². The van der Waals surface area contributed by atoms with Crippen LogP contribution in [0.1, 0.15) is 24.4 Å². The highest BCUT2D eigenvalue weighted by molar-refractivity contribution is 6.11. The fraction of sp³-hybridized carbons (Fsp3) is 0.269. The molecular weight excluding hydrogens is 428 g/mol. The van der Waals surface area contributed by atoms with Crippen LogP contribution in [0.4, 0.5) is 11.6 Å². The van der Waals surface area contributed by atoms with Crippen molar-refractivity contribution in [2.75, 3.05) is 11.5 Å². The number of aromatic nitrogens is 4. The van der Waals surface area contributed by atoms with E-state index < -0.39 is 12.2 Å². The zero-order valence-corrected chi connectivity index (χ0v) is 18.5. The van der Waals surface area contributed by atoms with Gasteiger partial charge in [0.2, 0.25) is 0 Å². The highest BCUT2D eigenvalue weighted by Gasteiger charge is 2.43. The largest absolute Gasteiger partial charge is 0.390 e. The van der Waals surface area contributed by atoms with Gasteiger partial charge in [-0.25, -0.2) is 15.0 Å². The van der Waals surface area contributed by atoms with Gasteiger partial charge in [-0.2, -0.15) is 0 Å². The Labute approximate surface area is 195 Å². The third-order valence-electron chi connectivity index (χ3n) is 7.20. The number of nitrogens with zero attached hydrogens (tertiary/aromatic N) is 4. The van der Waals surface area contributed by atoms with Crippen molar-refractivity contribution < 1.29 is 10.2 Å². The first-order chi connectivity index (χ1) is 16.5. The average molecular weight is 455 g/mol. The molecule has 1 fully saturated rings. The van der Waals surface area contributed by atoms with Crippen molar-refractivity contribution in [2.24, 2.45) is 5.92 Å². The van der Waals surface area contributed by atoms with Gasteiger partial charge in [0.1, 0.15) is 29.7 Å². The van der Waals surface area contributed by atoms with Gasteiger partial charge in [0.25, 0.3) is 0 Å². The van der Waals surface area contributed by atoms with Crippen molar-refractivity contribution >= 4 is 44.5 Å². The third-order valence-corrected chi connectivity index (χ3v) is 7.20. The number of aliphatic hydroxyl groups is 2. The van der Waals surface area contributed by atoms with E-state index in [2.05, 4.69) is 21.0 Å². The second-order valence-corrected chi connectivity index (χ2v) is 9.19. The van der Waals surface area contributed by atoms with Crippen molar-refractivity contribution in [3.05, 3.63) is 66.5 Å². The van der Waals surface area contributed by atoms with Crippen LogP contribution in [0.25, 0.3) is 32.8 Å². The summed E-state index contributed by atoms with van der Waals surface area (Å²) in [6.07, 6.45) is 1.88. The van der Waals surface area contributed by atoms with Gasteiger partial charge in [0.15, 0.2) is 0 Å². The van der Waals surface area contributed by atoms with E-state index in [0.29, 0.717) is 23.7 Å². The molecule has 0 bridgehead atoms. The summed E-state index contributed by atoms with van der Waals surface area (Å²) in [5.74, 6) is 0.854. The first-order valence-corrected chi connectivity index (χ1v) is 11.5. The van der Waals surface area contributed by atoms with Gasteiger partial charge in [-0.1, -0.05) is 30.3 Å². The van der Waals surface area contributed by atoms with E-state index in [9.17, 15) is 10.2 Å². The number of anilines is 2. The van der Waals surface area contributed by atoms with Crippen molar-refractivity contribution in [1.29, 1.82) is 0 Å². The molecule has 2 aromatic carbocycles. The number of rotatable bonds is 4. The highest BCUT2D eigenvalue weighted by Crippen LogP contribution is 2.42. The maximum atomic E-state index is 11.1. The van der Waals surface area contributed by atoms with Crippen LogP contribution in [0.15, 0.2) is 60.9 Å². The van der Waals surface area contributed by atoms with Crippen LogP contribution in [0.3, 0.4) is 0 Å². The number of pyridine rings is 1. The topological polar surface area (TPSA) is 136 Å². The van der Waals surface area contributed by atoms with Crippen LogP contribution >= 0.6 is 0 Å². The van der Waals surface area contributed by atoms with E-state index in [4.69, 9.17) is 11.5 Å². The number of nitrogens with two attached hydrogens (primary N) is 2. The van der Waals surface area contributed by atoms with Gasteiger partial charge in [0.05, 0.1) is 28.6 Å². The van der Waals surface area contributed by atoms with Crippen LogP contribution < -0.4 is 11.5 Å². The number of benzene rings is 2. The molecule has 0 aliphatic heterocycles. The number of nitrogen functional groups attached to an aromatic ring is 2. The molecular formula is C26H26N6O2. The Bertz CT molecular complexity index is 1530. The molecule has 0 spiro atoms. The lowest BCUT2D eigenvalue weighted by molar-refractivity contribution is 0.00595. The van der Waals surface area contributed by atoms with E-state index in [1.807, 2.05) is 47.0 Å². The molecule has 4 atom stereocenters. The second-order valence-electron chi connectivity index (χ2n) is 9.19. The van der Waals surface area contributed by atoms with Crippen LogP contribution in [-0.4, -0.2) is 41.9 Å². The van der Waals surface area contributed by atoms with E-state index in [1.165, 1.54) is 6.33 Å². The zero-order chi connectivity index (χ0) is 23.4. The summed E-state index contributed by atoms with van der Waals surface area (Å²) in [4.78, 5) is 13.1. The number of aryl methyl sites for hydroxylation is 1. The molecule has 5 aromatic rings. The predicted octanol–water partition coefficient (Wildman–Crippen LogP) is 3.21. The minimum atomic E-state index is -0.904. The maximum absolute atomic E-state index is 11.1. The number of para-hydroxylation sites is 1. The number of hydrogen-bond donors (Lipinski definition) is 4. The van der Waals surface area contributed by atoms with Crippen molar-refractivity contribution in [2.45, 2.75) is 37.5 Å². The monoisotopic (exact) mass is 454 g/mol. The molecule has 6 N–H and O–H groups in total. The second kappa shape index (κ2) is 7.93. The van der Waals surface area contributed by atoms with Crippen LogP contribution in [-0.2, 0) is 6.42 Å². The number of aliphatic hydroxyl groups excluding tert-OH is 2. The molecule has 8 heteroatoms. The van der Waals surface area contributed by atoms with Gasteiger partial charge in [-0.15, -0.1) is 0 Å². The molecule has 0 saturated heterocycles. The molecule has 6 rings (SSSR count). The summed E-state index contributed by atoms with van der Waals surface area (Å²) < 4.78 is 2.03. The van der Waals surface area contributed by atoms with Crippen LogP contribution in [0.5, 0.6) is 0 Å². The molecule has 34 heavy (non-hydrogen) atoms. The normalized spacial score (nSPS) is 22.8. The fourth-order valence-corrected chi connectivity index (χ4v) is 5.50. The molecule has 1 aliphatic carbocycles. The Morgan fingerprint density at radius 2 is 1.79 bits per heavy atom. The maximum Gasteiger partial charge on any atom is 0.146 e. The third kappa shape index (κ3) is 3.26. The van der Waals surface area contributed by atoms with Crippen molar-refractivity contribution in [1.82, 2.24) is 19.5 Å². The van der Waals surface area contributed by atoms with E-state index >= 15 is 0 Å². The Morgan fingerprint density at radius 3 is 2.68 bits per heavy atom. The molecule has 1 saturated carbocycles. The SMILES string of the molecule is Nc1ccc2ccc(CCC3CC(n4c5ccccc5c5c(N)ncnc54)C(O)C3O)cc2n1. The Kier molecular flexibility index (Phi) is 4.86. The molecule has 3 heterocycles. The molecule has 8 nitrogen and oxygen atoms in total. The number of fused-ring (bicyclic) bond motifs is 4. The zero-order valence-electron chi connectivity index (χ0n) is 18.5. The van der Waals surface area contributed by atoms with E-state index in [0.717, 1.165) is 45.6 Å². The Balaban J connectivity index is 1.30. The first-order valence-electron chi connectivity index (χ1n) is 11.5. The summed E-state index contributed by atoms with van der Waals surface area (Å²) in [5, 5.41) is 24.8. The lowest BCUT2D eigenvalue weighted by Gasteiger charge is -2.20. The first kappa shape index (κ1) is 20.8. The van der Waals surface area contributed by atoms with Crippen LogP contribution in [0.2, 0.25) is 0 Å². The smallest absolute Gasteiger partial charge is 0.146 e. The van der Waals surface area contributed by atoms with Gasteiger partial charge >= 0.3 is 0 Å². The quantitative estimate of drug-likeness (QED) is 0.327. The highest BCUT2D eigenvalue weighted by atomic mass is 16.3. The summed E-state index contributed by atoms with van der Waals surface area (Å²) in [6.45, 7) is 0. The Morgan fingerprint density at radius 1 is 0.971 bits per heavy atom. The van der Waals surface area contributed by atoms with Gasteiger partial charge in [-0.05, 0) is 55.0 Å². The van der Waals surface area contributed by atoms with E-state index in [-0.39, 0.29) is 12.0 Å². The molecule has 1 aliphatic rings. The van der Waals surface area contributed by atoms with Gasteiger partial charge < -0.3 is 26.2 Å². The minimum Gasteiger partial charge on any atom is -0.390 e. The molecule has 3 aromatic heterocycles. The number of hydrogen-bond acceptors (Lipinski definition) is 7. The summed E-state index contributed by atoms with van der Waals surface area (Å²) in [5.41, 5.74) is 15.6. The Hall–Kier alpha value is -3.75. The average Bonchev–Trinajstić information content (AvgIpc) is 3.32. The fourth-order valence-electron chi connectivity index (χ4n) is 5.50. The summed E-state index contributed by atoms with van der Waals surface area (Å²) in [6, 6.07) is 17.5. The molecule has 4 unspecified atom stereocenters. The molecule has 0 radical (unpaired) electrons. The summed E-state index contributed by atoms with van der Waals surface area (Å²) >= 11 is 0. The molecule has 0 amide bonds. The lowest BCUT2D eigenvalue weighted by atomic mass is 9.95. The van der Waals surface area contributed by atoms with Gasteiger partial charge in [0, 0.05) is 10.8 Å². The molecule has 172 valence electrons. The van der Waals surface area contributed by atoms with Crippen molar-refractivity contribution in [3.8, 4) is 0 Å². The minimum absolute atomic E-state index is 0.0557. The predicted molar refractivity (Wildman–Crippen MR) is 133 cm³/mol.